The molecule has 0 aromatic heterocycles. The fourth-order valence-electron chi connectivity index (χ4n) is 1.79. The molecule has 1 aliphatic heterocycles. The van der Waals surface area contributed by atoms with Gasteiger partial charge >= 0.3 is 0 Å². The minimum absolute atomic E-state index is 0.0541. The van der Waals surface area contributed by atoms with Gasteiger partial charge in [-0.25, -0.2) is 0 Å². The van der Waals surface area contributed by atoms with Crippen LogP contribution in [0.4, 0.5) is 0 Å². The normalized spacial score (nSPS) is 19.1. The molecule has 1 fully saturated rings. The molecule has 2 amide bonds. The number of hydrogen-bond donors (Lipinski definition) is 1. The molecule has 1 unspecified atom stereocenters. The van der Waals surface area contributed by atoms with Crippen molar-refractivity contribution in [2.75, 3.05) is 6.54 Å². The third-order valence-corrected chi connectivity index (χ3v) is 2.62. The summed E-state index contributed by atoms with van der Waals surface area (Å²) in [5, 5.41) is 0. The van der Waals surface area contributed by atoms with Crippen LogP contribution in [-0.4, -0.2) is 29.3 Å². The molecule has 14 heavy (non-hydrogen) atoms. The number of amides is 2. The Kier molecular flexibility index (Phi) is 4.07. The summed E-state index contributed by atoms with van der Waals surface area (Å²) in [6.45, 7) is 2.47. The summed E-state index contributed by atoms with van der Waals surface area (Å²) in [6, 6.07) is -0.0718. The first kappa shape index (κ1) is 11.2. The van der Waals surface area contributed by atoms with Crippen LogP contribution in [0.3, 0.4) is 0 Å². The number of nitrogens with zero attached hydrogens (tertiary/aromatic N) is 1. The summed E-state index contributed by atoms with van der Waals surface area (Å²) >= 11 is 0. The fourth-order valence-corrected chi connectivity index (χ4v) is 1.79. The minimum Gasteiger partial charge on any atom is -0.328 e. The van der Waals surface area contributed by atoms with Crippen molar-refractivity contribution in [3.8, 4) is 0 Å². The Balaban J connectivity index is 2.58. The van der Waals surface area contributed by atoms with Crippen molar-refractivity contribution in [2.24, 2.45) is 5.73 Å². The second-order valence-electron chi connectivity index (χ2n) is 3.69. The summed E-state index contributed by atoms with van der Waals surface area (Å²) in [5.41, 5.74) is 5.57. The van der Waals surface area contributed by atoms with Gasteiger partial charge in [-0.15, -0.1) is 0 Å². The summed E-state index contributed by atoms with van der Waals surface area (Å²) in [5.74, 6) is -0.108. The zero-order valence-electron chi connectivity index (χ0n) is 8.66. The van der Waals surface area contributed by atoms with E-state index in [1.54, 1.807) is 0 Å². The molecular formula is C10H18N2O2. The van der Waals surface area contributed by atoms with Crippen LogP contribution in [0, 0.1) is 0 Å². The van der Waals surface area contributed by atoms with Gasteiger partial charge in [0.1, 0.15) is 0 Å². The quantitative estimate of drug-likeness (QED) is 0.660. The van der Waals surface area contributed by atoms with E-state index in [-0.39, 0.29) is 17.9 Å². The largest absolute Gasteiger partial charge is 0.328 e. The number of carbonyl (C=O) groups excluding carboxylic acids is 2. The molecule has 1 rings (SSSR count). The lowest BCUT2D eigenvalue weighted by Crippen LogP contribution is -2.43. The number of rotatable bonds is 5. The zero-order valence-corrected chi connectivity index (χ0v) is 8.66. The number of unbranched alkanes of at least 4 members (excludes halogenated alkanes) is 1. The van der Waals surface area contributed by atoms with E-state index in [0.717, 1.165) is 19.3 Å². The van der Waals surface area contributed by atoms with E-state index in [0.29, 0.717) is 19.4 Å². The van der Waals surface area contributed by atoms with Crippen molar-refractivity contribution in [2.45, 2.75) is 45.1 Å². The third kappa shape index (κ3) is 2.32. The van der Waals surface area contributed by atoms with Crippen LogP contribution in [0.1, 0.15) is 39.0 Å². The molecule has 2 N–H and O–H groups in total. The van der Waals surface area contributed by atoms with Gasteiger partial charge < -0.3 is 5.73 Å². The maximum Gasteiger partial charge on any atom is 0.229 e. The average Bonchev–Trinajstić information content (AvgIpc) is 2.50. The molecule has 1 aliphatic rings. The van der Waals surface area contributed by atoms with E-state index in [1.807, 2.05) is 0 Å². The Hall–Kier alpha value is -0.900. The highest BCUT2D eigenvalue weighted by atomic mass is 16.2. The maximum atomic E-state index is 11.4. The Bertz CT molecular complexity index is 212. The van der Waals surface area contributed by atoms with Crippen molar-refractivity contribution < 1.29 is 9.59 Å². The number of nitrogens with two attached hydrogens (primary N) is 1. The fraction of sp³-hybridized carbons (Fsp3) is 0.800. The molecule has 0 bridgehead atoms. The van der Waals surface area contributed by atoms with Gasteiger partial charge in [0.15, 0.2) is 0 Å². The van der Waals surface area contributed by atoms with Crippen molar-refractivity contribution in [1.82, 2.24) is 4.90 Å². The second-order valence-corrected chi connectivity index (χ2v) is 3.69. The molecule has 0 saturated carbocycles. The molecule has 0 aromatic rings. The smallest absolute Gasteiger partial charge is 0.229 e. The molecule has 0 aromatic carbocycles. The third-order valence-electron chi connectivity index (χ3n) is 2.62. The van der Waals surface area contributed by atoms with Gasteiger partial charge in [0.25, 0.3) is 0 Å². The highest BCUT2D eigenvalue weighted by Gasteiger charge is 2.33. The molecular weight excluding hydrogens is 180 g/mol. The number of likely N-dealkylation sites (tertiary alicyclic amines) is 1. The van der Waals surface area contributed by atoms with Crippen LogP contribution >= 0.6 is 0 Å². The first-order valence-electron chi connectivity index (χ1n) is 5.25. The van der Waals surface area contributed by atoms with Gasteiger partial charge in [0, 0.05) is 19.4 Å². The topological polar surface area (TPSA) is 63.4 Å². The van der Waals surface area contributed by atoms with Crippen LogP contribution in [0.2, 0.25) is 0 Å². The Morgan fingerprint density at radius 3 is 2.36 bits per heavy atom. The van der Waals surface area contributed by atoms with E-state index < -0.39 is 0 Å². The lowest BCUT2D eigenvalue weighted by Gasteiger charge is -2.24. The summed E-state index contributed by atoms with van der Waals surface area (Å²) < 4.78 is 0. The van der Waals surface area contributed by atoms with Crippen molar-refractivity contribution in [3.63, 3.8) is 0 Å². The first-order valence-corrected chi connectivity index (χ1v) is 5.25. The molecule has 1 atom stereocenters. The van der Waals surface area contributed by atoms with Crippen LogP contribution in [0.15, 0.2) is 0 Å². The monoisotopic (exact) mass is 198 g/mol. The predicted molar refractivity (Wildman–Crippen MR) is 53.5 cm³/mol. The van der Waals surface area contributed by atoms with Gasteiger partial charge in [0.2, 0.25) is 11.8 Å². The Morgan fingerprint density at radius 1 is 1.36 bits per heavy atom. The average molecular weight is 198 g/mol. The van der Waals surface area contributed by atoms with Gasteiger partial charge in [-0.3, -0.25) is 14.5 Å². The van der Waals surface area contributed by atoms with Gasteiger partial charge in [-0.1, -0.05) is 19.8 Å². The van der Waals surface area contributed by atoms with E-state index >= 15 is 0 Å². The van der Waals surface area contributed by atoms with E-state index in [1.165, 1.54) is 4.90 Å². The molecule has 1 heterocycles. The molecule has 4 nitrogen and oxygen atoms in total. The lowest BCUT2D eigenvalue weighted by molar-refractivity contribution is -0.141. The highest BCUT2D eigenvalue weighted by molar-refractivity contribution is 6.02. The van der Waals surface area contributed by atoms with Crippen LogP contribution in [-0.2, 0) is 9.59 Å². The van der Waals surface area contributed by atoms with Crippen LogP contribution in [0.5, 0.6) is 0 Å². The molecule has 0 aliphatic carbocycles. The highest BCUT2D eigenvalue weighted by Crippen LogP contribution is 2.18. The Morgan fingerprint density at radius 2 is 1.93 bits per heavy atom. The molecule has 4 heteroatoms. The second kappa shape index (κ2) is 5.10. The first-order chi connectivity index (χ1) is 6.70. The molecule has 0 spiro atoms. The standard InChI is InChI=1S/C10H18N2O2/c1-2-3-4-8(7-11)12-9(13)5-6-10(12)14/h8H,2-7,11H2,1H3. The van der Waals surface area contributed by atoms with Gasteiger partial charge in [0.05, 0.1) is 6.04 Å². The van der Waals surface area contributed by atoms with E-state index in [9.17, 15) is 9.59 Å². The predicted octanol–water partition coefficient (Wildman–Crippen LogP) is 0.653. The summed E-state index contributed by atoms with van der Waals surface area (Å²) in [4.78, 5) is 24.2. The maximum absolute atomic E-state index is 11.4. The van der Waals surface area contributed by atoms with Gasteiger partial charge in [-0.05, 0) is 6.42 Å². The number of imide groups is 1. The van der Waals surface area contributed by atoms with Crippen LogP contribution in [0.25, 0.3) is 0 Å². The van der Waals surface area contributed by atoms with E-state index in [4.69, 9.17) is 5.73 Å². The molecule has 80 valence electrons. The minimum atomic E-state index is -0.0718. The van der Waals surface area contributed by atoms with Crippen molar-refractivity contribution in [3.05, 3.63) is 0 Å². The number of carbonyl (C=O) groups is 2. The number of hydrogen-bond acceptors (Lipinski definition) is 3. The van der Waals surface area contributed by atoms with Crippen LogP contribution < -0.4 is 5.73 Å². The Labute approximate surface area is 84.4 Å². The van der Waals surface area contributed by atoms with E-state index in [2.05, 4.69) is 6.92 Å². The van der Waals surface area contributed by atoms with Crippen molar-refractivity contribution in [1.29, 1.82) is 0 Å². The van der Waals surface area contributed by atoms with Crippen molar-refractivity contribution >= 4 is 11.8 Å². The lowest BCUT2D eigenvalue weighted by atomic mass is 10.1. The zero-order chi connectivity index (χ0) is 10.6. The van der Waals surface area contributed by atoms with Gasteiger partial charge in [-0.2, -0.15) is 0 Å². The summed E-state index contributed by atoms with van der Waals surface area (Å²) in [7, 11) is 0. The molecule has 0 radical (unpaired) electrons. The summed E-state index contributed by atoms with van der Waals surface area (Å²) in [6.07, 6.45) is 3.64. The molecule has 1 saturated heterocycles. The SMILES string of the molecule is CCCCC(CN)N1C(=O)CCC1=O.